The van der Waals surface area contributed by atoms with Crippen molar-refractivity contribution >= 4 is 17.8 Å². The average molecular weight is 277 g/mol. The van der Waals surface area contributed by atoms with Crippen LogP contribution >= 0.6 is 0 Å². The van der Waals surface area contributed by atoms with E-state index in [0.717, 1.165) is 5.56 Å². The first kappa shape index (κ1) is 15.9. The second-order valence-electron chi connectivity index (χ2n) is 4.13. The molecule has 4 nitrogen and oxygen atoms in total. The first-order valence-corrected chi connectivity index (χ1v) is 6.60. The van der Waals surface area contributed by atoms with Gasteiger partial charge in [0.05, 0.1) is 24.3 Å². The fourth-order valence-electron chi connectivity index (χ4n) is 1.71. The molecule has 1 aromatic carbocycles. The average Bonchev–Trinajstić information content (AvgIpc) is 2.44. The molecule has 0 saturated heterocycles. The zero-order chi connectivity index (χ0) is 15.1. The van der Waals surface area contributed by atoms with E-state index < -0.39 is 0 Å². The number of anilines is 1. The van der Waals surface area contributed by atoms with Gasteiger partial charge in [0, 0.05) is 6.92 Å². The molecule has 2 N–H and O–H groups in total. The number of ketones is 1. The molecule has 0 bridgehead atoms. The van der Waals surface area contributed by atoms with E-state index in [2.05, 4.69) is 15.6 Å². The third-order valence-electron chi connectivity index (χ3n) is 2.61. The molecule has 0 aromatic heterocycles. The Bertz CT molecular complexity index is 550. The zero-order valence-electron chi connectivity index (χ0n) is 12.2. The number of rotatable bonds is 3. The van der Waals surface area contributed by atoms with Crippen LogP contribution in [0.4, 0.5) is 10.1 Å². The SMILES string of the molecule is CC.CC(=O)C1=C(Nc2ccc(C)cc2F)CN=CN1. The second-order valence-corrected chi connectivity index (χ2v) is 4.13. The molecule has 0 amide bonds. The van der Waals surface area contributed by atoms with Gasteiger partial charge in [-0.1, -0.05) is 19.9 Å². The molecular formula is C15H20FN3O. The Balaban J connectivity index is 0.000000956. The van der Waals surface area contributed by atoms with E-state index in [1.807, 2.05) is 20.8 Å². The summed E-state index contributed by atoms with van der Waals surface area (Å²) in [5, 5.41) is 5.69. The van der Waals surface area contributed by atoms with E-state index in [1.54, 1.807) is 12.1 Å². The highest BCUT2D eigenvalue weighted by molar-refractivity contribution is 5.97. The third-order valence-corrected chi connectivity index (χ3v) is 2.61. The van der Waals surface area contributed by atoms with Crippen molar-refractivity contribution in [3.8, 4) is 0 Å². The fourth-order valence-corrected chi connectivity index (χ4v) is 1.71. The highest BCUT2D eigenvalue weighted by atomic mass is 19.1. The molecule has 1 aliphatic heterocycles. The summed E-state index contributed by atoms with van der Waals surface area (Å²) in [6, 6.07) is 4.89. The van der Waals surface area contributed by atoms with E-state index in [1.165, 1.54) is 19.3 Å². The number of Topliss-reactive ketones (excluding diaryl/α,β-unsaturated/α-hetero) is 1. The minimum absolute atomic E-state index is 0.115. The highest BCUT2D eigenvalue weighted by Gasteiger charge is 2.15. The first-order valence-electron chi connectivity index (χ1n) is 6.60. The topological polar surface area (TPSA) is 53.5 Å². The van der Waals surface area contributed by atoms with Gasteiger partial charge in [0.25, 0.3) is 0 Å². The fraction of sp³-hybridized carbons (Fsp3) is 0.333. The van der Waals surface area contributed by atoms with Crippen LogP contribution in [0, 0.1) is 12.7 Å². The summed E-state index contributed by atoms with van der Waals surface area (Å²) in [6.07, 6.45) is 1.47. The number of hydrogen-bond donors (Lipinski definition) is 2. The van der Waals surface area contributed by atoms with Crippen LogP contribution < -0.4 is 10.6 Å². The smallest absolute Gasteiger partial charge is 0.177 e. The lowest BCUT2D eigenvalue weighted by Crippen LogP contribution is -2.27. The Kier molecular flexibility index (Phi) is 5.90. The van der Waals surface area contributed by atoms with Crippen molar-refractivity contribution in [1.82, 2.24) is 5.32 Å². The Labute approximate surface area is 118 Å². The van der Waals surface area contributed by atoms with Gasteiger partial charge in [0.1, 0.15) is 11.5 Å². The second kappa shape index (κ2) is 7.43. The predicted molar refractivity (Wildman–Crippen MR) is 80.3 cm³/mol. The van der Waals surface area contributed by atoms with Crippen LogP contribution in [0.5, 0.6) is 0 Å². The number of carbonyl (C=O) groups excluding carboxylic acids is 1. The third kappa shape index (κ3) is 3.91. The summed E-state index contributed by atoms with van der Waals surface area (Å²) in [5.41, 5.74) is 2.18. The molecule has 0 spiro atoms. The van der Waals surface area contributed by atoms with Crippen LogP contribution in [-0.2, 0) is 4.79 Å². The summed E-state index contributed by atoms with van der Waals surface area (Å²) >= 11 is 0. The van der Waals surface area contributed by atoms with Crippen molar-refractivity contribution < 1.29 is 9.18 Å². The van der Waals surface area contributed by atoms with Crippen molar-refractivity contribution in [3.63, 3.8) is 0 Å². The van der Waals surface area contributed by atoms with Gasteiger partial charge in [-0.05, 0) is 24.6 Å². The van der Waals surface area contributed by atoms with Crippen LogP contribution in [0.15, 0.2) is 34.6 Å². The van der Waals surface area contributed by atoms with E-state index in [9.17, 15) is 9.18 Å². The number of allylic oxidation sites excluding steroid dienone is 1. The molecule has 0 aliphatic carbocycles. The lowest BCUT2D eigenvalue weighted by atomic mass is 10.2. The number of nitrogens with one attached hydrogen (secondary N) is 2. The number of carbonyl (C=O) groups is 1. The monoisotopic (exact) mass is 277 g/mol. The molecule has 0 unspecified atom stereocenters. The Morgan fingerprint density at radius 1 is 1.40 bits per heavy atom. The van der Waals surface area contributed by atoms with Crippen molar-refractivity contribution in [1.29, 1.82) is 0 Å². The van der Waals surface area contributed by atoms with Crippen molar-refractivity contribution in [3.05, 3.63) is 41.0 Å². The number of benzene rings is 1. The molecule has 5 heteroatoms. The maximum absolute atomic E-state index is 13.7. The van der Waals surface area contributed by atoms with Gasteiger partial charge >= 0.3 is 0 Å². The summed E-state index contributed by atoms with van der Waals surface area (Å²) in [6.45, 7) is 7.60. The van der Waals surface area contributed by atoms with E-state index in [-0.39, 0.29) is 11.6 Å². The Morgan fingerprint density at radius 3 is 2.70 bits per heavy atom. The molecule has 108 valence electrons. The highest BCUT2D eigenvalue weighted by Crippen LogP contribution is 2.19. The number of aryl methyl sites for hydroxylation is 1. The first-order chi connectivity index (χ1) is 9.58. The maximum Gasteiger partial charge on any atom is 0.177 e. The molecule has 2 rings (SSSR count). The molecule has 0 fully saturated rings. The van der Waals surface area contributed by atoms with E-state index >= 15 is 0 Å². The minimum atomic E-state index is -0.347. The predicted octanol–water partition coefficient (Wildman–Crippen LogP) is 3.00. The molecule has 0 radical (unpaired) electrons. The van der Waals surface area contributed by atoms with Crippen molar-refractivity contribution in [2.24, 2.45) is 4.99 Å². The molecule has 1 aliphatic rings. The lowest BCUT2D eigenvalue weighted by Gasteiger charge is -2.17. The van der Waals surface area contributed by atoms with Gasteiger partial charge < -0.3 is 10.6 Å². The van der Waals surface area contributed by atoms with Gasteiger partial charge in [-0.3, -0.25) is 9.79 Å². The zero-order valence-corrected chi connectivity index (χ0v) is 12.2. The quantitative estimate of drug-likeness (QED) is 0.893. The van der Waals surface area contributed by atoms with Crippen molar-refractivity contribution in [2.75, 3.05) is 11.9 Å². The molecule has 1 aromatic rings. The van der Waals surface area contributed by atoms with Crippen LogP contribution in [0.2, 0.25) is 0 Å². The molecule has 0 saturated carbocycles. The molecular weight excluding hydrogens is 257 g/mol. The number of halogens is 1. The van der Waals surface area contributed by atoms with E-state index in [0.29, 0.717) is 23.6 Å². The summed E-state index contributed by atoms with van der Waals surface area (Å²) in [7, 11) is 0. The van der Waals surface area contributed by atoms with Gasteiger partial charge in [0.2, 0.25) is 0 Å². The minimum Gasteiger partial charge on any atom is -0.353 e. The lowest BCUT2D eigenvalue weighted by molar-refractivity contribution is -0.113. The van der Waals surface area contributed by atoms with E-state index in [4.69, 9.17) is 0 Å². The van der Waals surface area contributed by atoms with Gasteiger partial charge in [-0.15, -0.1) is 0 Å². The molecule has 1 heterocycles. The Morgan fingerprint density at radius 2 is 2.10 bits per heavy atom. The molecule has 20 heavy (non-hydrogen) atoms. The maximum atomic E-state index is 13.7. The Hall–Kier alpha value is -2.17. The van der Waals surface area contributed by atoms with Gasteiger partial charge in [0.15, 0.2) is 5.78 Å². The number of aliphatic imine (C=N–C) groups is 1. The van der Waals surface area contributed by atoms with Crippen LogP contribution in [-0.4, -0.2) is 18.7 Å². The van der Waals surface area contributed by atoms with Crippen LogP contribution in [0.1, 0.15) is 26.3 Å². The van der Waals surface area contributed by atoms with Gasteiger partial charge in [-0.2, -0.15) is 0 Å². The molecule has 0 atom stereocenters. The summed E-state index contributed by atoms with van der Waals surface area (Å²) in [5.74, 6) is -0.462. The van der Waals surface area contributed by atoms with Gasteiger partial charge in [-0.25, -0.2) is 4.39 Å². The van der Waals surface area contributed by atoms with Crippen LogP contribution in [0.3, 0.4) is 0 Å². The number of nitrogens with zero attached hydrogens (tertiary/aromatic N) is 1. The summed E-state index contributed by atoms with van der Waals surface area (Å²) < 4.78 is 13.7. The number of hydrogen-bond acceptors (Lipinski definition) is 4. The summed E-state index contributed by atoms with van der Waals surface area (Å²) in [4.78, 5) is 15.4. The largest absolute Gasteiger partial charge is 0.353 e. The standard InChI is InChI=1S/C13H14FN3O.C2H6/c1-8-3-4-11(10(14)5-8)17-12-6-15-7-16-13(12)9(2)18;1-2/h3-5,7,17H,6H2,1-2H3,(H,15,16);1-2H3. The van der Waals surface area contributed by atoms with Crippen molar-refractivity contribution in [2.45, 2.75) is 27.7 Å². The normalized spacial score (nSPS) is 13.2. The van der Waals surface area contributed by atoms with Crippen LogP contribution in [0.25, 0.3) is 0 Å².